The fraction of sp³-hybridized carbons (Fsp3) is 0.0714. The summed E-state index contributed by atoms with van der Waals surface area (Å²) in [5.74, 6) is 0.277. The Bertz CT molecular complexity index is 552. The lowest BCUT2D eigenvalue weighted by Crippen LogP contribution is -2.11. The molecule has 0 fully saturated rings. The van der Waals surface area contributed by atoms with Crippen molar-refractivity contribution in [1.29, 1.82) is 0 Å². The smallest absolute Gasteiger partial charge is 0.255 e. The van der Waals surface area contributed by atoms with Crippen molar-refractivity contribution in [3.8, 4) is 0 Å². The molecular formula is C14H13ClN2O. The van der Waals surface area contributed by atoms with Crippen molar-refractivity contribution in [3.05, 3.63) is 59.7 Å². The van der Waals surface area contributed by atoms with Crippen molar-refractivity contribution >= 4 is 28.9 Å². The van der Waals surface area contributed by atoms with E-state index in [0.717, 1.165) is 5.56 Å². The van der Waals surface area contributed by atoms with E-state index in [4.69, 9.17) is 17.3 Å². The van der Waals surface area contributed by atoms with Crippen molar-refractivity contribution in [1.82, 2.24) is 0 Å². The number of anilines is 2. The molecule has 0 saturated carbocycles. The maximum Gasteiger partial charge on any atom is 0.255 e. The lowest BCUT2D eigenvalue weighted by Gasteiger charge is -2.06. The van der Waals surface area contributed by atoms with Crippen molar-refractivity contribution in [2.45, 2.75) is 5.88 Å². The Kier molecular flexibility index (Phi) is 3.85. The van der Waals surface area contributed by atoms with Gasteiger partial charge in [-0.1, -0.05) is 18.2 Å². The van der Waals surface area contributed by atoms with Gasteiger partial charge in [0.15, 0.2) is 0 Å². The Labute approximate surface area is 111 Å². The monoisotopic (exact) mass is 260 g/mol. The summed E-state index contributed by atoms with van der Waals surface area (Å²) in [6.07, 6.45) is 0. The molecule has 18 heavy (non-hydrogen) atoms. The zero-order valence-electron chi connectivity index (χ0n) is 9.69. The fourth-order valence-electron chi connectivity index (χ4n) is 1.56. The molecule has 0 spiro atoms. The number of nitrogens with two attached hydrogens (primary N) is 1. The van der Waals surface area contributed by atoms with Crippen LogP contribution in [0.2, 0.25) is 0 Å². The lowest BCUT2D eigenvalue weighted by atomic mass is 10.1. The molecule has 0 aliphatic rings. The average Bonchev–Trinajstić information content (AvgIpc) is 2.39. The SMILES string of the molecule is Nc1cccc(NC(=O)c2ccc(CCl)cc2)c1. The molecule has 2 rings (SSSR count). The molecule has 0 heterocycles. The first-order chi connectivity index (χ1) is 8.69. The first kappa shape index (κ1) is 12.5. The molecule has 0 radical (unpaired) electrons. The van der Waals surface area contributed by atoms with Crippen molar-refractivity contribution < 1.29 is 4.79 Å². The number of amides is 1. The van der Waals surface area contributed by atoms with E-state index >= 15 is 0 Å². The van der Waals surface area contributed by atoms with Gasteiger partial charge >= 0.3 is 0 Å². The van der Waals surface area contributed by atoms with Crippen molar-refractivity contribution in [3.63, 3.8) is 0 Å². The molecule has 0 unspecified atom stereocenters. The maximum absolute atomic E-state index is 11.9. The largest absolute Gasteiger partial charge is 0.399 e. The number of nitrogens with one attached hydrogen (secondary N) is 1. The van der Waals surface area contributed by atoms with E-state index in [-0.39, 0.29) is 5.91 Å². The topological polar surface area (TPSA) is 55.1 Å². The zero-order chi connectivity index (χ0) is 13.0. The van der Waals surface area contributed by atoms with E-state index in [0.29, 0.717) is 22.8 Å². The van der Waals surface area contributed by atoms with E-state index in [9.17, 15) is 4.79 Å². The van der Waals surface area contributed by atoms with Gasteiger partial charge in [-0.25, -0.2) is 0 Å². The van der Waals surface area contributed by atoms with Crippen LogP contribution in [0.4, 0.5) is 11.4 Å². The molecule has 2 aromatic rings. The van der Waals surface area contributed by atoms with Gasteiger partial charge in [0.2, 0.25) is 0 Å². The minimum Gasteiger partial charge on any atom is -0.399 e. The van der Waals surface area contributed by atoms with Crippen LogP contribution < -0.4 is 11.1 Å². The van der Waals surface area contributed by atoms with Crippen LogP contribution >= 0.6 is 11.6 Å². The molecule has 2 aromatic carbocycles. The highest BCUT2D eigenvalue weighted by Crippen LogP contribution is 2.14. The predicted octanol–water partition coefficient (Wildman–Crippen LogP) is 3.26. The molecule has 4 heteroatoms. The first-order valence-electron chi connectivity index (χ1n) is 5.51. The van der Waals surface area contributed by atoms with Gasteiger partial charge in [-0.05, 0) is 35.9 Å². The Hall–Kier alpha value is -2.00. The second kappa shape index (κ2) is 5.56. The van der Waals surface area contributed by atoms with Gasteiger partial charge in [0, 0.05) is 22.8 Å². The van der Waals surface area contributed by atoms with Gasteiger partial charge in [0.25, 0.3) is 5.91 Å². The van der Waals surface area contributed by atoms with Gasteiger partial charge in [0.05, 0.1) is 0 Å². The number of alkyl halides is 1. The summed E-state index contributed by atoms with van der Waals surface area (Å²) in [7, 11) is 0. The number of carbonyl (C=O) groups is 1. The van der Waals surface area contributed by atoms with Crippen molar-refractivity contribution in [2.24, 2.45) is 0 Å². The molecule has 0 atom stereocenters. The summed E-state index contributed by atoms with van der Waals surface area (Å²) in [6.45, 7) is 0. The quantitative estimate of drug-likeness (QED) is 0.657. The van der Waals surface area contributed by atoms with Crippen LogP contribution in [0, 0.1) is 0 Å². The van der Waals surface area contributed by atoms with Gasteiger partial charge in [-0.15, -0.1) is 11.6 Å². The summed E-state index contributed by atoms with van der Waals surface area (Å²) in [6, 6.07) is 14.2. The molecule has 0 saturated heterocycles. The zero-order valence-corrected chi connectivity index (χ0v) is 10.4. The minimum atomic E-state index is -0.165. The molecule has 92 valence electrons. The van der Waals surface area contributed by atoms with Crippen LogP contribution in [-0.4, -0.2) is 5.91 Å². The van der Waals surface area contributed by atoms with Crippen LogP contribution in [-0.2, 0) is 5.88 Å². The molecule has 0 aliphatic carbocycles. The second-order valence-electron chi connectivity index (χ2n) is 3.91. The highest BCUT2D eigenvalue weighted by Gasteiger charge is 2.05. The third-order valence-electron chi connectivity index (χ3n) is 2.51. The number of rotatable bonds is 3. The second-order valence-corrected chi connectivity index (χ2v) is 4.18. The summed E-state index contributed by atoms with van der Waals surface area (Å²) in [5.41, 5.74) is 8.52. The number of benzene rings is 2. The lowest BCUT2D eigenvalue weighted by molar-refractivity contribution is 0.102. The first-order valence-corrected chi connectivity index (χ1v) is 6.04. The maximum atomic E-state index is 11.9. The van der Waals surface area contributed by atoms with Crippen LogP contribution in [0.15, 0.2) is 48.5 Å². The van der Waals surface area contributed by atoms with Gasteiger partial charge in [-0.3, -0.25) is 4.79 Å². The van der Waals surface area contributed by atoms with Gasteiger partial charge < -0.3 is 11.1 Å². The standard InChI is InChI=1S/C14H13ClN2O/c15-9-10-4-6-11(7-5-10)14(18)17-13-3-1-2-12(16)8-13/h1-8H,9,16H2,(H,17,18). The van der Waals surface area contributed by atoms with E-state index in [1.165, 1.54) is 0 Å². The van der Waals surface area contributed by atoms with Crippen LogP contribution in [0.5, 0.6) is 0 Å². The van der Waals surface area contributed by atoms with Crippen molar-refractivity contribution in [2.75, 3.05) is 11.1 Å². The van der Waals surface area contributed by atoms with Crippen LogP contribution in [0.3, 0.4) is 0 Å². The molecular weight excluding hydrogens is 248 g/mol. The van der Waals surface area contributed by atoms with Gasteiger partial charge in [-0.2, -0.15) is 0 Å². The molecule has 3 nitrogen and oxygen atoms in total. The predicted molar refractivity (Wildman–Crippen MR) is 74.8 cm³/mol. The number of nitrogen functional groups attached to an aromatic ring is 1. The molecule has 0 aromatic heterocycles. The highest BCUT2D eigenvalue weighted by atomic mass is 35.5. The van der Waals surface area contributed by atoms with Crippen LogP contribution in [0.1, 0.15) is 15.9 Å². The third-order valence-corrected chi connectivity index (χ3v) is 2.82. The summed E-state index contributed by atoms with van der Waals surface area (Å²) in [4.78, 5) is 11.9. The minimum absolute atomic E-state index is 0.165. The van der Waals surface area contributed by atoms with E-state index < -0.39 is 0 Å². The average molecular weight is 261 g/mol. The molecule has 0 bridgehead atoms. The summed E-state index contributed by atoms with van der Waals surface area (Å²) in [5, 5.41) is 2.78. The number of hydrogen-bond acceptors (Lipinski definition) is 2. The highest BCUT2D eigenvalue weighted by molar-refractivity contribution is 6.17. The Morgan fingerprint density at radius 1 is 1.17 bits per heavy atom. The molecule has 0 aliphatic heterocycles. The summed E-state index contributed by atoms with van der Waals surface area (Å²) < 4.78 is 0. The summed E-state index contributed by atoms with van der Waals surface area (Å²) >= 11 is 5.69. The van der Waals surface area contributed by atoms with E-state index in [1.54, 1.807) is 36.4 Å². The van der Waals surface area contributed by atoms with Crippen LogP contribution in [0.25, 0.3) is 0 Å². The number of carbonyl (C=O) groups excluding carboxylic acids is 1. The fourth-order valence-corrected chi connectivity index (χ4v) is 1.74. The third kappa shape index (κ3) is 3.02. The normalized spacial score (nSPS) is 10.1. The molecule has 1 amide bonds. The van der Waals surface area contributed by atoms with Gasteiger partial charge in [0.1, 0.15) is 0 Å². The van der Waals surface area contributed by atoms with E-state index in [1.807, 2.05) is 12.1 Å². The number of halogens is 1. The Morgan fingerprint density at radius 3 is 2.50 bits per heavy atom. The number of hydrogen-bond donors (Lipinski definition) is 2. The molecule has 3 N–H and O–H groups in total. The Morgan fingerprint density at radius 2 is 1.89 bits per heavy atom. The Balaban J connectivity index is 2.11. The van der Waals surface area contributed by atoms with E-state index in [2.05, 4.69) is 5.32 Å².